The van der Waals surface area contributed by atoms with Crippen LogP contribution in [0.5, 0.6) is 0 Å². The van der Waals surface area contributed by atoms with Gasteiger partial charge in [0.05, 0.1) is 19.1 Å². The van der Waals surface area contributed by atoms with Crippen LogP contribution in [-0.4, -0.2) is 19.0 Å². The van der Waals surface area contributed by atoms with Crippen LogP contribution in [-0.2, 0) is 14.3 Å². The van der Waals surface area contributed by atoms with Crippen molar-refractivity contribution in [2.75, 3.05) is 12.4 Å². The number of amides is 1. The number of esters is 1. The van der Waals surface area contributed by atoms with Crippen molar-refractivity contribution in [2.45, 2.75) is 19.3 Å². The molecule has 0 spiro atoms. The van der Waals surface area contributed by atoms with Gasteiger partial charge in [-0.2, -0.15) is 5.26 Å². The number of ether oxygens (including phenoxy) is 1. The second kappa shape index (κ2) is 6.40. The lowest BCUT2D eigenvalue weighted by molar-refractivity contribution is -0.142. The van der Waals surface area contributed by atoms with Gasteiger partial charge in [-0.3, -0.25) is 9.59 Å². The van der Waals surface area contributed by atoms with E-state index < -0.39 is 0 Å². The third-order valence-corrected chi connectivity index (χ3v) is 2.49. The fourth-order valence-electron chi connectivity index (χ4n) is 1.44. The van der Waals surface area contributed by atoms with Gasteiger partial charge in [-0.15, -0.1) is 0 Å². The molecule has 18 heavy (non-hydrogen) atoms. The molecule has 0 saturated heterocycles. The molecule has 0 bridgehead atoms. The van der Waals surface area contributed by atoms with Crippen LogP contribution >= 0.6 is 0 Å². The van der Waals surface area contributed by atoms with Gasteiger partial charge >= 0.3 is 5.97 Å². The van der Waals surface area contributed by atoms with Crippen molar-refractivity contribution in [3.8, 4) is 6.07 Å². The topological polar surface area (TPSA) is 79.2 Å². The number of rotatable bonds is 4. The van der Waals surface area contributed by atoms with Gasteiger partial charge in [-0.25, -0.2) is 0 Å². The van der Waals surface area contributed by atoms with Crippen molar-refractivity contribution >= 4 is 17.6 Å². The van der Waals surface area contributed by atoms with Crippen LogP contribution < -0.4 is 5.32 Å². The van der Waals surface area contributed by atoms with Crippen molar-refractivity contribution < 1.29 is 14.3 Å². The van der Waals surface area contributed by atoms with Crippen LogP contribution in [0.25, 0.3) is 0 Å². The molecule has 1 aromatic rings. The smallest absolute Gasteiger partial charge is 0.312 e. The third kappa shape index (κ3) is 3.59. The highest BCUT2D eigenvalue weighted by molar-refractivity contribution is 5.92. The van der Waals surface area contributed by atoms with Gasteiger partial charge in [0.1, 0.15) is 6.42 Å². The van der Waals surface area contributed by atoms with Gasteiger partial charge < -0.3 is 10.1 Å². The number of nitriles is 1. The van der Waals surface area contributed by atoms with E-state index >= 15 is 0 Å². The van der Waals surface area contributed by atoms with E-state index in [1.807, 2.05) is 0 Å². The number of carbonyl (C=O) groups is 2. The Hall–Kier alpha value is -2.35. The molecule has 0 heterocycles. The Balaban J connectivity index is 2.71. The Bertz CT molecular complexity index is 474. The average molecular weight is 246 g/mol. The predicted octanol–water partition coefficient (Wildman–Crippen LogP) is 1.82. The van der Waals surface area contributed by atoms with Gasteiger partial charge in [0.25, 0.3) is 0 Å². The summed E-state index contributed by atoms with van der Waals surface area (Å²) in [6.07, 6.45) is -0.180. The largest absolute Gasteiger partial charge is 0.469 e. The predicted molar refractivity (Wildman–Crippen MR) is 65.7 cm³/mol. The van der Waals surface area contributed by atoms with E-state index in [1.54, 1.807) is 37.3 Å². The highest BCUT2D eigenvalue weighted by Crippen LogP contribution is 2.19. The fourth-order valence-corrected chi connectivity index (χ4v) is 1.44. The lowest BCUT2D eigenvalue weighted by Gasteiger charge is -2.10. The summed E-state index contributed by atoms with van der Waals surface area (Å²) in [5.41, 5.74) is 1.40. The number of nitrogens with zero attached hydrogens (tertiary/aromatic N) is 1. The standard InChI is InChI=1S/C13H14N2O3/c1-9(13(17)18-2)10-3-5-11(6-4-10)15-12(16)7-8-14/h3-6,9H,7H2,1-2H3,(H,15,16). The molecule has 0 fully saturated rings. The molecule has 0 aliphatic heterocycles. The van der Waals surface area contributed by atoms with Crippen molar-refractivity contribution in [1.82, 2.24) is 0 Å². The van der Waals surface area contributed by atoms with E-state index in [1.165, 1.54) is 7.11 Å². The van der Waals surface area contributed by atoms with E-state index in [4.69, 9.17) is 5.26 Å². The molecule has 0 saturated carbocycles. The number of carbonyl (C=O) groups excluding carboxylic acids is 2. The summed E-state index contributed by atoms with van der Waals surface area (Å²) < 4.78 is 4.65. The SMILES string of the molecule is COC(=O)C(C)c1ccc(NC(=O)CC#N)cc1. The minimum Gasteiger partial charge on any atom is -0.469 e. The van der Waals surface area contributed by atoms with Crippen molar-refractivity contribution in [2.24, 2.45) is 0 Å². The summed E-state index contributed by atoms with van der Waals surface area (Å²) in [5, 5.41) is 10.9. The molecule has 0 aromatic heterocycles. The minimum atomic E-state index is -0.355. The first kappa shape index (κ1) is 13.7. The Morgan fingerprint density at radius 1 is 1.39 bits per heavy atom. The third-order valence-electron chi connectivity index (χ3n) is 2.49. The van der Waals surface area contributed by atoms with Gasteiger partial charge in [-0.05, 0) is 24.6 Å². The number of anilines is 1. The molecular weight excluding hydrogens is 232 g/mol. The first-order valence-electron chi connectivity index (χ1n) is 5.43. The summed E-state index contributed by atoms with van der Waals surface area (Å²) in [4.78, 5) is 22.5. The molecule has 1 N–H and O–H groups in total. The normalized spacial score (nSPS) is 11.2. The maximum Gasteiger partial charge on any atom is 0.312 e. The number of benzene rings is 1. The second-order valence-corrected chi connectivity index (χ2v) is 3.75. The van der Waals surface area contributed by atoms with E-state index in [2.05, 4.69) is 10.1 Å². The first-order valence-corrected chi connectivity index (χ1v) is 5.43. The fraction of sp³-hybridized carbons (Fsp3) is 0.308. The molecule has 94 valence electrons. The van der Waals surface area contributed by atoms with Gasteiger partial charge in [0.15, 0.2) is 0 Å². The molecule has 5 heteroatoms. The van der Waals surface area contributed by atoms with Crippen LogP contribution in [0.3, 0.4) is 0 Å². The van der Waals surface area contributed by atoms with Crippen molar-refractivity contribution in [3.63, 3.8) is 0 Å². The van der Waals surface area contributed by atoms with Gasteiger partial charge in [-0.1, -0.05) is 12.1 Å². The lowest BCUT2D eigenvalue weighted by Crippen LogP contribution is -2.12. The molecule has 1 atom stereocenters. The van der Waals surface area contributed by atoms with Crippen LogP contribution in [0.4, 0.5) is 5.69 Å². The van der Waals surface area contributed by atoms with Gasteiger partial charge in [0, 0.05) is 5.69 Å². The zero-order valence-electron chi connectivity index (χ0n) is 10.3. The number of methoxy groups -OCH3 is 1. The molecule has 1 rings (SSSR count). The van der Waals surface area contributed by atoms with E-state index in [0.717, 1.165) is 5.56 Å². The van der Waals surface area contributed by atoms with E-state index in [0.29, 0.717) is 5.69 Å². The Morgan fingerprint density at radius 3 is 2.50 bits per heavy atom. The average Bonchev–Trinajstić information content (AvgIpc) is 2.38. The monoisotopic (exact) mass is 246 g/mol. The van der Waals surface area contributed by atoms with E-state index in [-0.39, 0.29) is 24.2 Å². The van der Waals surface area contributed by atoms with Gasteiger partial charge in [0.2, 0.25) is 5.91 Å². The van der Waals surface area contributed by atoms with Crippen LogP contribution in [0.15, 0.2) is 24.3 Å². The maximum atomic E-state index is 11.3. The van der Waals surface area contributed by atoms with Crippen LogP contribution in [0.1, 0.15) is 24.8 Å². The Labute approximate surface area is 105 Å². The summed E-state index contributed by atoms with van der Waals surface area (Å²) in [7, 11) is 1.34. The van der Waals surface area contributed by atoms with Crippen LogP contribution in [0.2, 0.25) is 0 Å². The van der Waals surface area contributed by atoms with Crippen LogP contribution in [0, 0.1) is 11.3 Å². The lowest BCUT2D eigenvalue weighted by atomic mass is 10.0. The molecule has 0 radical (unpaired) electrons. The number of hydrogen-bond acceptors (Lipinski definition) is 4. The molecule has 0 aliphatic carbocycles. The molecule has 1 aromatic carbocycles. The molecular formula is C13H14N2O3. The number of hydrogen-bond donors (Lipinski definition) is 1. The number of nitrogens with one attached hydrogen (secondary N) is 1. The molecule has 0 aliphatic rings. The Morgan fingerprint density at radius 2 is 2.00 bits per heavy atom. The van der Waals surface area contributed by atoms with Crippen molar-refractivity contribution in [1.29, 1.82) is 5.26 Å². The second-order valence-electron chi connectivity index (χ2n) is 3.75. The highest BCUT2D eigenvalue weighted by atomic mass is 16.5. The summed E-state index contributed by atoms with van der Waals surface area (Å²) in [6.45, 7) is 1.75. The zero-order chi connectivity index (χ0) is 13.5. The first-order chi connectivity index (χ1) is 8.58. The zero-order valence-corrected chi connectivity index (χ0v) is 10.3. The summed E-state index contributed by atoms with van der Waals surface area (Å²) in [5.74, 6) is -1.01. The van der Waals surface area contributed by atoms with Crippen molar-refractivity contribution in [3.05, 3.63) is 29.8 Å². The minimum absolute atomic E-state index is 0.180. The highest BCUT2D eigenvalue weighted by Gasteiger charge is 2.15. The summed E-state index contributed by atoms with van der Waals surface area (Å²) >= 11 is 0. The molecule has 1 amide bonds. The summed E-state index contributed by atoms with van der Waals surface area (Å²) in [6, 6.07) is 8.62. The Kier molecular flexibility index (Phi) is 4.88. The molecule has 1 unspecified atom stereocenters. The molecule has 5 nitrogen and oxygen atoms in total. The van der Waals surface area contributed by atoms with E-state index in [9.17, 15) is 9.59 Å². The maximum absolute atomic E-state index is 11.3. The quantitative estimate of drug-likeness (QED) is 0.822.